The molecular formula is C21H12ClN3O2. The molecule has 1 heterocycles. The van der Waals surface area contributed by atoms with Crippen LogP contribution in [0.25, 0.3) is 44.0 Å². The van der Waals surface area contributed by atoms with E-state index >= 15 is 0 Å². The molecule has 0 aliphatic rings. The van der Waals surface area contributed by atoms with Crippen molar-refractivity contribution in [1.29, 1.82) is 0 Å². The second-order valence-corrected chi connectivity index (χ2v) is 6.73. The van der Waals surface area contributed by atoms with Crippen molar-refractivity contribution in [2.24, 2.45) is 0 Å². The predicted octanol–water partition coefficient (Wildman–Crippen LogP) is 6.10. The number of aromatic amines is 1. The Bertz CT molecular complexity index is 1300. The van der Waals surface area contributed by atoms with Crippen molar-refractivity contribution < 1.29 is 4.92 Å². The number of halogens is 1. The highest BCUT2D eigenvalue weighted by molar-refractivity contribution is 6.33. The van der Waals surface area contributed by atoms with Crippen molar-refractivity contribution in [3.8, 4) is 11.4 Å². The molecule has 6 heteroatoms. The summed E-state index contributed by atoms with van der Waals surface area (Å²) >= 11 is 6.32. The SMILES string of the molecule is O=[N+]([O-])c1ccc(Cl)c(-c2nc3c4ccccc4c4ccccc4c3[nH]2)c1. The van der Waals surface area contributed by atoms with Crippen LogP contribution >= 0.6 is 11.6 Å². The van der Waals surface area contributed by atoms with Gasteiger partial charge in [0.15, 0.2) is 0 Å². The molecule has 0 aliphatic heterocycles. The zero-order valence-corrected chi connectivity index (χ0v) is 14.7. The third-order valence-electron chi connectivity index (χ3n) is 4.79. The molecule has 5 aromatic rings. The molecule has 1 aromatic heterocycles. The Balaban J connectivity index is 1.90. The smallest absolute Gasteiger partial charge is 0.270 e. The molecule has 5 nitrogen and oxygen atoms in total. The van der Waals surface area contributed by atoms with Gasteiger partial charge in [-0.15, -0.1) is 0 Å². The second kappa shape index (κ2) is 5.79. The van der Waals surface area contributed by atoms with Gasteiger partial charge >= 0.3 is 0 Å². The number of rotatable bonds is 2. The van der Waals surface area contributed by atoms with E-state index in [2.05, 4.69) is 17.1 Å². The highest BCUT2D eigenvalue weighted by atomic mass is 35.5. The zero-order chi connectivity index (χ0) is 18.5. The lowest BCUT2D eigenvalue weighted by molar-refractivity contribution is -0.384. The summed E-state index contributed by atoms with van der Waals surface area (Å²) in [5.41, 5.74) is 2.20. The molecule has 1 N–H and O–H groups in total. The average molecular weight is 374 g/mol. The maximum atomic E-state index is 11.1. The molecule has 0 atom stereocenters. The third kappa shape index (κ3) is 2.36. The maximum Gasteiger partial charge on any atom is 0.270 e. The van der Waals surface area contributed by atoms with E-state index in [1.807, 2.05) is 36.4 Å². The van der Waals surface area contributed by atoms with Gasteiger partial charge in [0.1, 0.15) is 5.82 Å². The van der Waals surface area contributed by atoms with Crippen LogP contribution in [0.5, 0.6) is 0 Å². The van der Waals surface area contributed by atoms with Crippen molar-refractivity contribution in [2.45, 2.75) is 0 Å². The van der Waals surface area contributed by atoms with Crippen molar-refractivity contribution in [1.82, 2.24) is 9.97 Å². The standard InChI is InChI=1S/C21H12ClN3O2/c22-18-10-9-12(25(26)27)11-17(18)21-23-19-15-7-3-1-5-13(15)14-6-2-4-8-16(14)20(19)24-21/h1-11H,(H,23,24). The minimum absolute atomic E-state index is 0.0235. The summed E-state index contributed by atoms with van der Waals surface area (Å²) in [5.74, 6) is 0.514. The predicted molar refractivity (Wildman–Crippen MR) is 108 cm³/mol. The highest BCUT2D eigenvalue weighted by Gasteiger charge is 2.17. The molecule has 0 fully saturated rings. The summed E-state index contributed by atoms with van der Waals surface area (Å²) in [6.07, 6.45) is 0. The quantitative estimate of drug-likeness (QED) is 0.231. The first-order valence-corrected chi connectivity index (χ1v) is 8.75. The van der Waals surface area contributed by atoms with Crippen LogP contribution < -0.4 is 0 Å². The van der Waals surface area contributed by atoms with E-state index in [0.717, 1.165) is 32.6 Å². The molecule has 0 amide bonds. The number of hydrogen-bond donors (Lipinski definition) is 1. The van der Waals surface area contributed by atoms with Crippen LogP contribution in [-0.4, -0.2) is 14.9 Å². The van der Waals surface area contributed by atoms with Crippen LogP contribution in [0.3, 0.4) is 0 Å². The summed E-state index contributed by atoms with van der Waals surface area (Å²) in [5, 5.41) is 15.9. The first kappa shape index (κ1) is 15.8. The van der Waals surface area contributed by atoms with Gasteiger partial charge in [0.2, 0.25) is 0 Å². The molecule has 0 spiro atoms. The summed E-state index contributed by atoms with van der Waals surface area (Å²) in [6.45, 7) is 0. The summed E-state index contributed by atoms with van der Waals surface area (Å²) in [6, 6.07) is 20.6. The summed E-state index contributed by atoms with van der Waals surface area (Å²) < 4.78 is 0. The van der Waals surface area contributed by atoms with Gasteiger partial charge in [-0.2, -0.15) is 0 Å². The number of H-pyrrole nitrogens is 1. The fraction of sp³-hybridized carbons (Fsp3) is 0. The Hall–Kier alpha value is -3.44. The first-order valence-electron chi connectivity index (χ1n) is 8.37. The number of nitrogens with one attached hydrogen (secondary N) is 1. The molecule has 27 heavy (non-hydrogen) atoms. The lowest BCUT2D eigenvalue weighted by atomic mass is 10.0. The number of non-ortho nitro benzene ring substituents is 1. The van der Waals surface area contributed by atoms with Crippen LogP contribution in [0.2, 0.25) is 5.02 Å². The molecule has 0 saturated heterocycles. The van der Waals surface area contributed by atoms with Gasteiger partial charge in [0, 0.05) is 28.5 Å². The van der Waals surface area contributed by atoms with Crippen LogP contribution in [0.4, 0.5) is 5.69 Å². The van der Waals surface area contributed by atoms with E-state index in [1.165, 1.54) is 18.2 Å². The van der Waals surface area contributed by atoms with Crippen LogP contribution in [0.1, 0.15) is 0 Å². The Labute approximate surface area is 158 Å². The van der Waals surface area contributed by atoms with E-state index in [9.17, 15) is 10.1 Å². The van der Waals surface area contributed by atoms with Gasteiger partial charge in [0.05, 0.1) is 21.0 Å². The third-order valence-corrected chi connectivity index (χ3v) is 5.12. The van der Waals surface area contributed by atoms with Gasteiger partial charge in [0.25, 0.3) is 5.69 Å². The molecule has 130 valence electrons. The lowest BCUT2D eigenvalue weighted by Gasteiger charge is -2.05. The number of benzene rings is 4. The van der Waals surface area contributed by atoms with Crippen LogP contribution in [0, 0.1) is 10.1 Å². The number of imidazole rings is 1. The van der Waals surface area contributed by atoms with E-state index in [0.29, 0.717) is 16.4 Å². The van der Waals surface area contributed by atoms with Gasteiger partial charge in [-0.1, -0.05) is 60.1 Å². The van der Waals surface area contributed by atoms with E-state index in [4.69, 9.17) is 16.6 Å². The molecule has 4 aromatic carbocycles. The summed E-state index contributed by atoms with van der Waals surface area (Å²) in [4.78, 5) is 18.8. The number of nitrogens with zero attached hydrogens (tertiary/aromatic N) is 2. The number of nitro benzene ring substituents is 1. The van der Waals surface area contributed by atoms with Crippen molar-refractivity contribution in [3.05, 3.63) is 81.9 Å². The Morgan fingerprint density at radius 2 is 1.52 bits per heavy atom. The summed E-state index contributed by atoms with van der Waals surface area (Å²) in [7, 11) is 0. The molecule has 0 unspecified atom stereocenters. The van der Waals surface area contributed by atoms with E-state index in [-0.39, 0.29) is 5.69 Å². The number of aromatic nitrogens is 2. The average Bonchev–Trinajstić information content (AvgIpc) is 3.14. The van der Waals surface area contributed by atoms with Gasteiger partial charge in [-0.3, -0.25) is 10.1 Å². The van der Waals surface area contributed by atoms with Gasteiger partial charge in [-0.05, 0) is 16.8 Å². The highest BCUT2D eigenvalue weighted by Crippen LogP contribution is 2.37. The first-order chi connectivity index (χ1) is 13.1. The number of nitro groups is 1. The minimum Gasteiger partial charge on any atom is -0.337 e. The normalized spacial score (nSPS) is 11.4. The number of hydrogen-bond acceptors (Lipinski definition) is 3. The molecule has 0 saturated carbocycles. The molecule has 0 radical (unpaired) electrons. The van der Waals surface area contributed by atoms with E-state index in [1.54, 1.807) is 0 Å². The van der Waals surface area contributed by atoms with Crippen molar-refractivity contribution >= 4 is 49.9 Å². The molecule has 0 bridgehead atoms. The zero-order valence-electron chi connectivity index (χ0n) is 13.9. The molecule has 0 aliphatic carbocycles. The topological polar surface area (TPSA) is 71.8 Å². The van der Waals surface area contributed by atoms with Crippen LogP contribution in [-0.2, 0) is 0 Å². The van der Waals surface area contributed by atoms with Crippen molar-refractivity contribution in [2.75, 3.05) is 0 Å². The lowest BCUT2D eigenvalue weighted by Crippen LogP contribution is -1.90. The minimum atomic E-state index is -0.437. The monoisotopic (exact) mass is 373 g/mol. The fourth-order valence-electron chi connectivity index (χ4n) is 3.56. The van der Waals surface area contributed by atoms with Gasteiger partial charge in [-0.25, -0.2) is 4.98 Å². The van der Waals surface area contributed by atoms with E-state index < -0.39 is 4.92 Å². The largest absolute Gasteiger partial charge is 0.337 e. The Morgan fingerprint density at radius 3 is 2.22 bits per heavy atom. The number of fused-ring (bicyclic) bond motifs is 6. The Morgan fingerprint density at radius 1 is 0.889 bits per heavy atom. The van der Waals surface area contributed by atoms with Gasteiger partial charge < -0.3 is 4.98 Å². The van der Waals surface area contributed by atoms with Crippen LogP contribution in [0.15, 0.2) is 66.7 Å². The molecule has 5 rings (SSSR count). The second-order valence-electron chi connectivity index (χ2n) is 6.32. The molecular weight excluding hydrogens is 362 g/mol. The Kier molecular flexibility index (Phi) is 3.39. The van der Waals surface area contributed by atoms with Crippen molar-refractivity contribution in [3.63, 3.8) is 0 Å². The maximum absolute atomic E-state index is 11.1. The fourth-order valence-corrected chi connectivity index (χ4v) is 3.77.